The van der Waals surface area contributed by atoms with Gasteiger partial charge in [0.1, 0.15) is 0 Å². The van der Waals surface area contributed by atoms with E-state index in [1.807, 2.05) is 0 Å². The first kappa shape index (κ1) is 16.2. The number of hydrogen-bond donors (Lipinski definition) is 2. The van der Waals surface area contributed by atoms with E-state index in [9.17, 15) is 4.79 Å². The van der Waals surface area contributed by atoms with Gasteiger partial charge in [0.05, 0.1) is 0 Å². The minimum absolute atomic E-state index is 0. The van der Waals surface area contributed by atoms with E-state index >= 15 is 0 Å². The maximum atomic E-state index is 9.37. The van der Waals surface area contributed by atoms with Gasteiger partial charge in [-0.15, -0.1) is 0 Å². The van der Waals surface area contributed by atoms with Gasteiger partial charge in [-0.3, -0.25) is 9.59 Å². The van der Waals surface area contributed by atoms with E-state index in [1.165, 1.54) is 0 Å². The van der Waals surface area contributed by atoms with Crippen LogP contribution in [0.2, 0.25) is 0 Å². The number of carboxylic acids is 2. The molecule has 0 fully saturated rings. The third-order valence-electron chi connectivity index (χ3n) is 0.302. The largest absolute Gasteiger partial charge is 0.481 e. The van der Waals surface area contributed by atoms with Crippen molar-refractivity contribution >= 4 is 11.9 Å². The van der Waals surface area contributed by atoms with Crippen LogP contribution in [-0.4, -0.2) is 22.2 Å². The Kier molecular flexibility index (Phi) is 18.3. The maximum absolute atomic E-state index is 9.37. The molecule has 61 valence electrons. The van der Waals surface area contributed by atoms with Crippen LogP contribution in [-0.2, 0) is 26.7 Å². The first-order chi connectivity index (χ1) is 4.00. The van der Waals surface area contributed by atoms with E-state index in [2.05, 4.69) is 0 Å². The summed E-state index contributed by atoms with van der Waals surface area (Å²) in [6.45, 7) is 2.68. The number of carbonyl (C=O) groups is 2. The van der Waals surface area contributed by atoms with E-state index in [0.29, 0.717) is 0 Å². The summed E-state index contributed by atoms with van der Waals surface area (Å²) in [5.74, 6) is -1.58. The van der Waals surface area contributed by atoms with Gasteiger partial charge in [-0.25, -0.2) is 0 Å². The Morgan fingerprint density at radius 1 is 1.30 bits per heavy atom. The molecule has 0 atom stereocenters. The molecule has 0 aromatic carbocycles. The molecule has 0 heterocycles. The van der Waals surface area contributed by atoms with Gasteiger partial charge in [0, 0.05) is 30.4 Å². The number of rotatable bonds is 1. The van der Waals surface area contributed by atoms with Crippen molar-refractivity contribution < 1.29 is 36.9 Å². The van der Waals surface area contributed by atoms with Gasteiger partial charge in [0.2, 0.25) is 0 Å². The van der Waals surface area contributed by atoms with Crippen LogP contribution in [0.5, 0.6) is 0 Å². The van der Waals surface area contributed by atoms with Gasteiger partial charge in [-0.2, -0.15) is 0 Å². The molecule has 0 saturated carbocycles. The van der Waals surface area contributed by atoms with Gasteiger partial charge in [0.25, 0.3) is 5.97 Å². The molecule has 0 unspecified atom stereocenters. The van der Waals surface area contributed by atoms with Crippen LogP contribution in [0.3, 0.4) is 0 Å². The van der Waals surface area contributed by atoms with E-state index in [0.717, 1.165) is 6.92 Å². The van der Waals surface area contributed by atoms with Crippen molar-refractivity contribution in [1.82, 2.24) is 0 Å². The fraction of sp³-hybridized carbons (Fsp3) is 0.600. The molecular formula is C5H10MnO4. The second-order valence-corrected chi connectivity index (χ2v) is 1.27. The summed E-state index contributed by atoms with van der Waals surface area (Å²) in [7, 11) is 0. The maximum Gasteiger partial charge on any atom is 0.303 e. The van der Waals surface area contributed by atoms with Gasteiger partial charge in [-0.05, 0) is 0 Å². The molecule has 0 bridgehead atoms. The van der Waals surface area contributed by atoms with Crippen LogP contribution in [0.4, 0.5) is 0 Å². The number of aliphatic carboxylic acids is 2. The molecule has 4 nitrogen and oxygen atoms in total. The molecule has 2 N–H and O–H groups in total. The minimum Gasteiger partial charge on any atom is -0.481 e. The molecule has 10 heavy (non-hydrogen) atoms. The van der Waals surface area contributed by atoms with Crippen molar-refractivity contribution in [3.63, 3.8) is 0 Å². The molecule has 0 aliphatic carbocycles. The van der Waals surface area contributed by atoms with E-state index in [-0.39, 0.29) is 23.5 Å². The van der Waals surface area contributed by atoms with Gasteiger partial charge >= 0.3 is 5.97 Å². The molecule has 0 aliphatic heterocycles. The second-order valence-electron chi connectivity index (χ2n) is 1.27. The van der Waals surface area contributed by atoms with E-state index < -0.39 is 11.9 Å². The van der Waals surface area contributed by atoms with Gasteiger partial charge < -0.3 is 10.2 Å². The van der Waals surface area contributed by atoms with Crippen LogP contribution in [0.25, 0.3) is 0 Å². The van der Waals surface area contributed by atoms with Crippen molar-refractivity contribution in [2.45, 2.75) is 20.3 Å². The molecule has 0 aromatic rings. The molecule has 0 rings (SSSR count). The quantitative estimate of drug-likeness (QED) is 0.591. The normalized spacial score (nSPS) is 6.20. The zero-order chi connectivity index (χ0) is 7.86. The van der Waals surface area contributed by atoms with Crippen molar-refractivity contribution in [2.24, 2.45) is 0 Å². The Morgan fingerprint density at radius 3 is 1.40 bits per heavy atom. The summed E-state index contributed by atoms with van der Waals surface area (Å²) in [5, 5.41) is 15.1. The molecular weight excluding hydrogens is 179 g/mol. The van der Waals surface area contributed by atoms with Crippen molar-refractivity contribution in [3.05, 3.63) is 0 Å². The van der Waals surface area contributed by atoms with Crippen LogP contribution in [0.1, 0.15) is 20.3 Å². The fourth-order valence-corrected chi connectivity index (χ4v) is 0. The van der Waals surface area contributed by atoms with E-state index in [4.69, 9.17) is 15.0 Å². The Bertz CT molecular complexity index is 97.8. The smallest absolute Gasteiger partial charge is 0.303 e. The average Bonchev–Trinajstić information content (AvgIpc) is 1.65. The zero-order valence-corrected chi connectivity index (χ0v) is 6.98. The molecule has 0 spiro atoms. The molecule has 0 aliphatic rings. The molecule has 5 heteroatoms. The molecule has 0 aromatic heterocycles. The summed E-state index contributed by atoms with van der Waals surface area (Å²) >= 11 is 0. The fourth-order valence-electron chi connectivity index (χ4n) is 0. The molecule has 0 saturated heterocycles. The Morgan fingerprint density at radius 2 is 1.40 bits per heavy atom. The molecule has 0 amide bonds. The van der Waals surface area contributed by atoms with Crippen LogP contribution >= 0.6 is 0 Å². The summed E-state index contributed by atoms with van der Waals surface area (Å²) < 4.78 is 0. The van der Waals surface area contributed by atoms with Crippen molar-refractivity contribution in [1.29, 1.82) is 0 Å². The SMILES string of the molecule is CC(=O)O.CCC(=O)O.[Mn]. The average molecular weight is 189 g/mol. The third-order valence-corrected chi connectivity index (χ3v) is 0.302. The third kappa shape index (κ3) is 146. The predicted octanol–water partition coefficient (Wildman–Crippen LogP) is 0.569. The monoisotopic (exact) mass is 189 g/mol. The Labute approximate surface area is 69.7 Å². The zero-order valence-electron chi connectivity index (χ0n) is 5.80. The summed E-state index contributed by atoms with van der Waals surface area (Å²) in [5.41, 5.74) is 0. The topological polar surface area (TPSA) is 74.6 Å². The first-order valence-corrected chi connectivity index (χ1v) is 2.42. The standard InChI is InChI=1S/C3H6O2.C2H4O2.Mn/c1-2-3(4)5;1-2(3)4;/h2H2,1H3,(H,4,5);1H3,(H,3,4);. The van der Waals surface area contributed by atoms with Crippen molar-refractivity contribution in [3.8, 4) is 0 Å². The Hall–Kier alpha value is -0.541. The van der Waals surface area contributed by atoms with Gasteiger partial charge in [0.15, 0.2) is 0 Å². The summed E-state index contributed by atoms with van der Waals surface area (Å²) in [6.07, 6.45) is 0.222. The van der Waals surface area contributed by atoms with Gasteiger partial charge in [-0.1, -0.05) is 6.92 Å². The first-order valence-electron chi connectivity index (χ1n) is 2.42. The summed E-state index contributed by atoms with van der Waals surface area (Å²) in [6, 6.07) is 0. The second kappa shape index (κ2) is 11.3. The van der Waals surface area contributed by atoms with Crippen LogP contribution < -0.4 is 0 Å². The van der Waals surface area contributed by atoms with E-state index in [1.54, 1.807) is 6.92 Å². The minimum atomic E-state index is -0.833. The van der Waals surface area contributed by atoms with Crippen molar-refractivity contribution in [2.75, 3.05) is 0 Å². The number of hydrogen-bond acceptors (Lipinski definition) is 2. The van der Waals surface area contributed by atoms with Crippen LogP contribution in [0, 0.1) is 0 Å². The summed E-state index contributed by atoms with van der Waals surface area (Å²) in [4.78, 5) is 18.4. The predicted molar refractivity (Wildman–Crippen MR) is 31.2 cm³/mol. The number of carboxylic acid groups (broad SMARTS) is 2. The Balaban J connectivity index is -0.0000000910. The molecule has 1 radical (unpaired) electrons. The van der Waals surface area contributed by atoms with Crippen LogP contribution in [0.15, 0.2) is 0 Å².